The molecular weight excluding hydrogens is 468 g/mol. The van der Waals surface area contributed by atoms with Crippen molar-refractivity contribution in [2.24, 2.45) is 17.2 Å². The van der Waals surface area contributed by atoms with Gasteiger partial charge >= 0.3 is 11.9 Å². The van der Waals surface area contributed by atoms with Gasteiger partial charge in [0.1, 0.15) is 24.2 Å². The van der Waals surface area contributed by atoms with Crippen LogP contribution in [-0.4, -0.2) is 87.7 Å². The fourth-order valence-corrected chi connectivity index (χ4v) is 2.87. The molecule has 15 nitrogen and oxygen atoms in total. The third-order valence-electron chi connectivity index (χ3n) is 4.98. The maximum Gasteiger partial charge on any atom is 0.326 e. The molecule has 0 bridgehead atoms. The first kappa shape index (κ1) is 31.7. The Morgan fingerprint density at radius 3 is 1.71 bits per heavy atom. The lowest BCUT2D eigenvalue weighted by Crippen LogP contribution is -2.58. The molecule has 0 saturated carbocycles. The Labute approximate surface area is 202 Å². The minimum atomic E-state index is -1.51. The summed E-state index contributed by atoms with van der Waals surface area (Å²) in [6, 6.07) is -5.49. The van der Waals surface area contributed by atoms with Gasteiger partial charge in [0.15, 0.2) is 0 Å². The lowest BCUT2D eigenvalue weighted by Gasteiger charge is -2.25. The molecule has 0 aromatic heterocycles. The van der Waals surface area contributed by atoms with Gasteiger partial charge in [0.25, 0.3) is 0 Å². The Morgan fingerprint density at radius 2 is 1.26 bits per heavy atom. The molecule has 4 amide bonds. The summed E-state index contributed by atoms with van der Waals surface area (Å²) < 4.78 is 0. The van der Waals surface area contributed by atoms with Gasteiger partial charge in [0.2, 0.25) is 23.6 Å². The fourth-order valence-electron chi connectivity index (χ4n) is 2.87. The van der Waals surface area contributed by atoms with Gasteiger partial charge in [0, 0.05) is 12.8 Å². The van der Waals surface area contributed by atoms with Crippen LogP contribution in [0.25, 0.3) is 0 Å². The summed E-state index contributed by atoms with van der Waals surface area (Å²) in [7, 11) is 0. The molecule has 0 saturated heterocycles. The molecule has 200 valence electrons. The molecule has 0 rings (SSSR count). The second kappa shape index (κ2) is 16.3. The van der Waals surface area contributed by atoms with E-state index < -0.39 is 72.3 Å². The number of hydrogen-bond donors (Lipinski definition) is 9. The molecule has 5 unspecified atom stereocenters. The predicted octanol–water partition coefficient (Wildman–Crippen LogP) is -3.51. The van der Waals surface area contributed by atoms with Crippen molar-refractivity contribution in [3.8, 4) is 0 Å². The van der Waals surface area contributed by atoms with Crippen LogP contribution in [0.15, 0.2) is 0 Å². The van der Waals surface area contributed by atoms with Crippen molar-refractivity contribution >= 4 is 35.6 Å². The van der Waals surface area contributed by atoms with E-state index in [4.69, 9.17) is 22.3 Å². The number of primary amides is 1. The zero-order valence-electron chi connectivity index (χ0n) is 19.6. The summed E-state index contributed by atoms with van der Waals surface area (Å²) in [5.41, 5.74) is 16.1. The molecular formula is C20H36N6O9. The molecule has 5 atom stereocenters. The van der Waals surface area contributed by atoms with E-state index in [9.17, 15) is 39.0 Å². The molecule has 0 aliphatic heterocycles. The maximum atomic E-state index is 12.9. The second-order valence-corrected chi connectivity index (χ2v) is 8.01. The van der Waals surface area contributed by atoms with E-state index in [1.807, 2.05) is 0 Å². The van der Waals surface area contributed by atoms with Crippen molar-refractivity contribution in [1.82, 2.24) is 16.0 Å². The maximum absolute atomic E-state index is 12.9. The molecule has 35 heavy (non-hydrogen) atoms. The van der Waals surface area contributed by atoms with E-state index in [0.717, 1.165) is 0 Å². The molecule has 0 aromatic carbocycles. The van der Waals surface area contributed by atoms with Crippen LogP contribution in [0.3, 0.4) is 0 Å². The van der Waals surface area contributed by atoms with Crippen LogP contribution in [0.2, 0.25) is 0 Å². The predicted molar refractivity (Wildman–Crippen MR) is 121 cm³/mol. The number of carboxylic acids is 2. The Bertz CT molecular complexity index is 761. The zero-order chi connectivity index (χ0) is 27.1. The highest BCUT2D eigenvalue weighted by Gasteiger charge is 2.31. The second-order valence-electron chi connectivity index (χ2n) is 8.01. The van der Waals surface area contributed by atoms with Crippen molar-refractivity contribution in [3.05, 3.63) is 0 Å². The number of hydrogen-bond acceptors (Lipinski definition) is 9. The summed E-state index contributed by atoms with van der Waals surface area (Å²) in [5.74, 6) is -6.17. The van der Waals surface area contributed by atoms with Gasteiger partial charge in [-0.2, -0.15) is 0 Å². The normalized spacial score (nSPS) is 15.1. The fraction of sp³-hybridized carbons (Fsp3) is 0.700. The highest BCUT2D eigenvalue weighted by atomic mass is 16.4. The Kier molecular flexibility index (Phi) is 14.8. The van der Waals surface area contributed by atoms with E-state index in [-0.39, 0.29) is 25.7 Å². The average molecular weight is 505 g/mol. The highest BCUT2D eigenvalue weighted by molar-refractivity contribution is 5.94. The van der Waals surface area contributed by atoms with Gasteiger partial charge in [0.05, 0.1) is 6.10 Å². The molecule has 0 radical (unpaired) electrons. The lowest BCUT2D eigenvalue weighted by molar-refractivity contribution is -0.143. The van der Waals surface area contributed by atoms with Gasteiger partial charge in [-0.15, -0.1) is 0 Å². The number of unbranched alkanes of at least 4 members (excludes halogenated alkanes) is 1. The lowest BCUT2D eigenvalue weighted by atomic mass is 10.0. The summed E-state index contributed by atoms with van der Waals surface area (Å²) in [5, 5.41) is 34.7. The Balaban J connectivity index is 5.59. The van der Waals surface area contributed by atoms with Crippen LogP contribution < -0.4 is 33.2 Å². The van der Waals surface area contributed by atoms with Crippen LogP contribution in [0.1, 0.15) is 51.9 Å². The molecule has 0 spiro atoms. The standard InChI is InChI=1S/C20H36N6O9/c1-10(27)16(23)19(33)25-11(4-2-3-9-21)17(31)24-12(6-8-15(29)30)18(32)26-13(20(34)35)5-7-14(22)28/h10-13,16,27H,2-9,21,23H2,1H3,(H2,22,28)(H,24,31)(H,25,33)(H,26,32)(H,29,30)(H,34,35). The molecule has 0 aliphatic rings. The first-order valence-electron chi connectivity index (χ1n) is 11.1. The number of amides is 4. The van der Waals surface area contributed by atoms with Crippen molar-refractivity contribution < 1.29 is 44.1 Å². The van der Waals surface area contributed by atoms with Gasteiger partial charge in [-0.05, 0) is 45.6 Å². The molecule has 12 N–H and O–H groups in total. The summed E-state index contributed by atoms with van der Waals surface area (Å²) in [6.07, 6.45) is -1.73. The smallest absolute Gasteiger partial charge is 0.326 e. The van der Waals surface area contributed by atoms with Crippen molar-refractivity contribution in [1.29, 1.82) is 0 Å². The van der Waals surface area contributed by atoms with E-state index in [0.29, 0.717) is 19.4 Å². The third kappa shape index (κ3) is 13.2. The molecule has 0 aromatic rings. The minimum Gasteiger partial charge on any atom is -0.481 e. The number of rotatable bonds is 18. The van der Waals surface area contributed by atoms with Crippen LogP contribution in [-0.2, 0) is 28.8 Å². The van der Waals surface area contributed by atoms with E-state index in [2.05, 4.69) is 16.0 Å². The number of aliphatic hydroxyl groups is 1. The van der Waals surface area contributed by atoms with Crippen molar-refractivity contribution in [2.45, 2.75) is 82.1 Å². The number of carbonyl (C=O) groups excluding carboxylic acids is 4. The number of nitrogens with one attached hydrogen (secondary N) is 3. The van der Waals surface area contributed by atoms with Crippen molar-refractivity contribution in [2.75, 3.05) is 6.54 Å². The van der Waals surface area contributed by atoms with Gasteiger partial charge in [-0.3, -0.25) is 24.0 Å². The summed E-state index contributed by atoms with van der Waals surface area (Å²) >= 11 is 0. The first-order valence-corrected chi connectivity index (χ1v) is 11.1. The van der Waals surface area contributed by atoms with Crippen LogP contribution in [0.5, 0.6) is 0 Å². The summed E-state index contributed by atoms with van der Waals surface area (Å²) in [4.78, 5) is 71.2. The van der Waals surface area contributed by atoms with Crippen LogP contribution >= 0.6 is 0 Å². The van der Waals surface area contributed by atoms with Crippen LogP contribution in [0.4, 0.5) is 0 Å². The number of aliphatic carboxylic acids is 2. The largest absolute Gasteiger partial charge is 0.481 e. The number of nitrogens with two attached hydrogens (primary N) is 3. The third-order valence-corrected chi connectivity index (χ3v) is 4.98. The summed E-state index contributed by atoms with van der Waals surface area (Å²) in [6.45, 7) is 1.61. The highest BCUT2D eigenvalue weighted by Crippen LogP contribution is 2.07. The monoisotopic (exact) mass is 504 g/mol. The van der Waals surface area contributed by atoms with E-state index in [1.165, 1.54) is 6.92 Å². The quantitative estimate of drug-likeness (QED) is 0.0825. The van der Waals surface area contributed by atoms with Gasteiger partial charge in [-0.25, -0.2) is 4.79 Å². The molecule has 0 aliphatic carbocycles. The Hall–Kier alpha value is -3.30. The minimum absolute atomic E-state index is 0.102. The number of carbonyl (C=O) groups is 6. The van der Waals surface area contributed by atoms with E-state index >= 15 is 0 Å². The van der Waals surface area contributed by atoms with Crippen molar-refractivity contribution in [3.63, 3.8) is 0 Å². The zero-order valence-corrected chi connectivity index (χ0v) is 19.6. The van der Waals surface area contributed by atoms with E-state index in [1.54, 1.807) is 0 Å². The number of carboxylic acid groups (broad SMARTS) is 2. The average Bonchev–Trinajstić information content (AvgIpc) is 2.77. The Morgan fingerprint density at radius 1 is 0.771 bits per heavy atom. The molecule has 15 heteroatoms. The number of aliphatic hydroxyl groups excluding tert-OH is 1. The van der Waals surface area contributed by atoms with Gasteiger partial charge < -0.3 is 48.5 Å². The molecule has 0 heterocycles. The SMILES string of the molecule is CC(O)C(N)C(=O)NC(CCCCN)C(=O)NC(CCC(=O)O)C(=O)NC(CCC(N)=O)C(=O)O. The van der Waals surface area contributed by atoms with Crippen LogP contribution in [0, 0.1) is 0 Å². The van der Waals surface area contributed by atoms with Gasteiger partial charge in [-0.1, -0.05) is 0 Å². The molecule has 0 fully saturated rings. The first-order chi connectivity index (χ1) is 16.3. The topological polar surface area (TPSA) is 277 Å².